The molecule has 0 bridgehead atoms. The van der Waals surface area contributed by atoms with Crippen LogP contribution in [-0.2, 0) is 11.8 Å². The summed E-state index contributed by atoms with van der Waals surface area (Å²) in [7, 11) is 1.87. The summed E-state index contributed by atoms with van der Waals surface area (Å²) in [6.07, 6.45) is 6.85. The SMILES string of the molecule is Cn1ccnc1SCC(=O)Nc1ccc(C(=O)Nc2cc(C(N)=O)ccc2N2CCCCC2)cc1. The van der Waals surface area contributed by atoms with E-state index in [9.17, 15) is 14.4 Å². The van der Waals surface area contributed by atoms with E-state index in [0.29, 0.717) is 22.5 Å². The quantitative estimate of drug-likeness (QED) is 0.414. The first-order valence-electron chi connectivity index (χ1n) is 11.4. The molecule has 2 heterocycles. The van der Waals surface area contributed by atoms with E-state index in [1.54, 1.807) is 42.6 Å². The number of hydrogen-bond acceptors (Lipinski definition) is 6. The number of hydrogen-bond donors (Lipinski definition) is 3. The standard InChI is InChI=1S/C25H28N6O3S/c1-30-14-11-27-25(30)35-16-22(32)28-19-8-5-17(6-9-19)24(34)29-20-15-18(23(26)33)7-10-21(20)31-12-3-2-4-13-31/h5-11,14-15H,2-4,12-13,16H2,1H3,(H2,26,33)(H,28,32)(H,29,34). The summed E-state index contributed by atoms with van der Waals surface area (Å²) < 4.78 is 1.85. The van der Waals surface area contributed by atoms with E-state index in [1.807, 2.05) is 23.9 Å². The number of rotatable bonds is 8. The van der Waals surface area contributed by atoms with Gasteiger partial charge in [0.1, 0.15) is 0 Å². The van der Waals surface area contributed by atoms with Crippen LogP contribution in [0.25, 0.3) is 0 Å². The van der Waals surface area contributed by atoms with Crippen molar-refractivity contribution in [3.05, 3.63) is 66.0 Å². The van der Waals surface area contributed by atoms with Crippen LogP contribution in [-0.4, -0.2) is 46.1 Å². The monoisotopic (exact) mass is 492 g/mol. The molecule has 1 aromatic heterocycles. The number of anilines is 3. The molecule has 1 fully saturated rings. The van der Waals surface area contributed by atoms with Crippen molar-refractivity contribution in [3.8, 4) is 0 Å². The number of carbonyl (C=O) groups excluding carboxylic acids is 3. The van der Waals surface area contributed by atoms with Gasteiger partial charge in [0.2, 0.25) is 11.8 Å². The predicted octanol–water partition coefficient (Wildman–Crippen LogP) is 3.49. The smallest absolute Gasteiger partial charge is 0.255 e. The van der Waals surface area contributed by atoms with Gasteiger partial charge in [0, 0.05) is 49.3 Å². The molecule has 0 spiro atoms. The van der Waals surface area contributed by atoms with Crippen LogP contribution < -0.4 is 21.3 Å². The van der Waals surface area contributed by atoms with Crippen LogP contribution in [0.4, 0.5) is 17.1 Å². The molecule has 9 nitrogen and oxygen atoms in total. The Morgan fingerprint density at radius 2 is 1.71 bits per heavy atom. The maximum absolute atomic E-state index is 13.0. The average molecular weight is 493 g/mol. The molecule has 182 valence electrons. The highest BCUT2D eigenvalue weighted by Crippen LogP contribution is 2.30. The largest absolute Gasteiger partial charge is 0.370 e. The summed E-state index contributed by atoms with van der Waals surface area (Å²) in [5, 5.41) is 6.52. The maximum atomic E-state index is 13.0. The van der Waals surface area contributed by atoms with Crippen molar-refractivity contribution in [1.29, 1.82) is 0 Å². The Kier molecular flexibility index (Phi) is 7.71. The van der Waals surface area contributed by atoms with E-state index in [-0.39, 0.29) is 17.6 Å². The number of imidazole rings is 1. The molecule has 1 aliphatic rings. The van der Waals surface area contributed by atoms with Gasteiger partial charge < -0.3 is 25.8 Å². The number of primary amides is 1. The highest BCUT2D eigenvalue weighted by Gasteiger charge is 2.18. The number of carbonyl (C=O) groups is 3. The molecule has 0 radical (unpaired) electrons. The lowest BCUT2D eigenvalue weighted by atomic mass is 10.1. The van der Waals surface area contributed by atoms with E-state index >= 15 is 0 Å². The van der Waals surface area contributed by atoms with Crippen molar-refractivity contribution in [2.75, 3.05) is 34.4 Å². The summed E-state index contributed by atoms with van der Waals surface area (Å²) in [5.41, 5.74) is 8.24. The van der Waals surface area contributed by atoms with E-state index in [0.717, 1.165) is 36.8 Å². The number of thioether (sulfide) groups is 1. The molecule has 0 unspecified atom stereocenters. The van der Waals surface area contributed by atoms with E-state index in [1.165, 1.54) is 18.2 Å². The van der Waals surface area contributed by atoms with Crippen molar-refractivity contribution >= 4 is 46.5 Å². The van der Waals surface area contributed by atoms with Gasteiger partial charge in [-0.15, -0.1) is 0 Å². The van der Waals surface area contributed by atoms with Gasteiger partial charge in [0.05, 0.1) is 17.1 Å². The third kappa shape index (κ3) is 6.21. The molecular weight excluding hydrogens is 464 g/mol. The van der Waals surface area contributed by atoms with Crippen molar-refractivity contribution in [2.24, 2.45) is 12.8 Å². The van der Waals surface area contributed by atoms with Gasteiger partial charge in [0.25, 0.3) is 5.91 Å². The molecule has 35 heavy (non-hydrogen) atoms. The molecular formula is C25H28N6O3S. The first kappa shape index (κ1) is 24.3. The zero-order chi connectivity index (χ0) is 24.8. The van der Waals surface area contributed by atoms with Crippen molar-refractivity contribution in [1.82, 2.24) is 9.55 Å². The Morgan fingerprint density at radius 3 is 2.37 bits per heavy atom. The van der Waals surface area contributed by atoms with Crippen molar-refractivity contribution < 1.29 is 14.4 Å². The number of nitrogens with two attached hydrogens (primary N) is 1. The maximum Gasteiger partial charge on any atom is 0.255 e. The first-order chi connectivity index (χ1) is 16.9. The molecule has 3 aromatic rings. The molecule has 10 heteroatoms. The molecule has 0 aliphatic carbocycles. The average Bonchev–Trinajstić information content (AvgIpc) is 3.28. The Bertz CT molecular complexity index is 1220. The van der Waals surface area contributed by atoms with E-state index < -0.39 is 5.91 Å². The van der Waals surface area contributed by atoms with Crippen molar-refractivity contribution in [3.63, 3.8) is 0 Å². The van der Waals surface area contributed by atoms with E-state index in [2.05, 4.69) is 20.5 Å². The van der Waals surface area contributed by atoms with Gasteiger partial charge in [-0.1, -0.05) is 11.8 Å². The molecule has 0 atom stereocenters. The Labute approximate surface area is 208 Å². The zero-order valence-corrected chi connectivity index (χ0v) is 20.3. The summed E-state index contributed by atoms with van der Waals surface area (Å²) in [6, 6.07) is 11.8. The normalized spacial score (nSPS) is 13.3. The Morgan fingerprint density at radius 1 is 1.00 bits per heavy atom. The van der Waals surface area contributed by atoms with Gasteiger partial charge in [0.15, 0.2) is 5.16 Å². The fourth-order valence-corrected chi connectivity index (χ4v) is 4.65. The minimum Gasteiger partial charge on any atom is -0.370 e. The minimum absolute atomic E-state index is 0.162. The third-order valence-electron chi connectivity index (χ3n) is 5.77. The van der Waals surface area contributed by atoms with Gasteiger partial charge in [-0.05, 0) is 61.7 Å². The number of aromatic nitrogens is 2. The highest BCUT2D eigenvalue weighted by molar-refractivity contribution is 7.99. The summed E-state index contributed by atoms with van der Waals surface area (Å²) in [5.74, 6) is -0.799. The summed E-state index contributed by atoms with van der Waals surface area (Å²) in [6.45, 7) is 1.79. The fraction of sp³-hybridized carbons (Fsp3) is 0.280. The highest BCUT2D eigenvalue weighted by atomic mass is 32.2. The second-order valence-electron chi connectivity index (χ2n) is 8.33. The number of amides is 3. The van der Waals surface area contributed by atoms with Gasteiger partial charge in [-0.3, -0.25) is 14.4 Å². The molecule has 1 aliphatic heterocycles. The first-order valence-corrected chi connectivity index (χ1v) is 12.4. The van der Waals surface area contributed by atoms with Crippen LogP contribution in [0, 0.1) is 0 Å². The molecule has 0 saturated carbocycles. The van der Waals surface area contributed by atoms with Crippen molar-refractivity contribution in [2.45, 2.75) is 24.4 Å². The van der Waals surface area contributed by atoms with Crippen LogP contribution in [0.5, 0.6) is 0 Å². The van der Waals surface area contributed by atoms with Gasteiger partial charge in [-0.2, -0.15) is 0 Å². The molecule has 4 rings (SSSR count). The number of nitrogens with one attached hydrogen (secondary N) is 2. The summed E-state index contributed by atoms with van der Waals surface area (Å²) in [4.78, 5) is 43.4. The second-order valence-corrected chi connectivity index (χ2v) is 9.28. The second kappa shape index (κ2) is 11.1. The number of benzene rings is 2. The lowest BCUT2D eigenvalue weighted by Gasteiger charge is -2.30. The molecule has 2 aromatic carbocycles. The lowest BCUT2D eigenvalue weighted by Crippen LogP contribution is -2.30. The topological polar surface area (TPSA) is 122 Å². The van der Waals surface area contributed by atoms with Crippen LogP contribution in [0.1, 0.15) is 40.0 Å². The van der Waals surface area contributed by atoms with Gasteiger partial charge >= 0.3 is 0 Å². The van der Waals surface area contributed by atoms with Crippen LogP contribution in [0.15, 0.2) is 60.0 Å². The summed E-state index contributed by atoms with van der Waals surface area (Å²) >= 11 is 1.35. The Balaban J connectivity index is 1.41. The Hall–Kier alpha value is -3.79. The number of aryl methyl sites for hydroxylation is 1. The molecule has 3 amide bonds. The van der Waals surface area contributed by atoms with E-state index in [4.69, 9.17) is 5.73 Å². The van der Waals surface area contributed by atoms with Crippen LogP contribution in [0.2, 0.25) is 0 Å². The predicted molar refractivity (Wildman–Crippen MR) is 138 cm³/mol. The van der Waals surface area contributed by atoms with Gasteiger partial charge in [-0.25, -0.2) is 4.98 Å². The fourth-order valence-electron chi connectivity index (χ4n) is 3.92. The number of piperidine rings is 1. The molecule has 1 saturated heterocycles. The minimum atomic E-state index is -0.549. The zero-order valence-electron chi connectivity index (χ0n) is 19.5. The van der Waals surface area contributed by atoms with Crippen LogP contribution >= 0.6 is 11.8 Å². The number of nitrogens with zero attached hydrogens (tertiary/aromatic N) is 3. The lowest BCUT2D eigenvalue weighted by molar-refractivity contribution is -0.113. The third-order valence-corrected chi connectivity index (χ3v) is 6.82. The van der Waals surface area contributed by atoms with Crippen LogP contribution in [0.3, 0.4) is 0 Å². The molecule has 4 N–H and O–H groups in total.